The van der Waals surface area contributed by atoms with Crippen LogP contribution in [-0.2, 0) is 4.79 Å². The average molecular weight is 158 g/mol. The molecule has 4 N–H and O–H groups in total. The van der Waals surface area contributed by atoms with E-state index in [2.05, 4.69) is 24.2 Å². The van der Waals surface area contributed by atoms with Crippen molar-refractivity contribution >= 4 is 12.0 Å². The number of primary amides is 1. The van der Waals surface area contributed by atoms with Gasteiger partial charge >= 0.3 is 12.0 Å². The number of nitrogens with two attached hydrogens (primary N) is 1. The van der Waals surface area contributed by atoms with Crippen LogP contribution in [-0.4, -0.2) is 17.1 Å². The van der Waals surface area contributed by atoms with Crippen molar-refractivity contribution in [3.63, 3.8) is 0 Å². The molecule has 2 amide bonds. The SMILES string of the molecule is C=CC(=O)O.C=CNC(N)=O. The molecular weight excluding hydrogens is 148 g/mol. The zero-order chi connectivity index (χ0) is 9.28. The molecule has 5 heteroatoms. The molecule has 0 bridgehead atoms. The van der Waals surface area contributed by atoms with E-state index in [9.17, 15) is 9.59 Å². The molecule has 62 valence electrons. The van der Waals surface area contributed by atoms with E-state index in [-0.39, 0.29) is 0 Å². The first kappa shape index (κ1) is 12.0. The second kappa shape index (κ2) is 8.22. The van der Waals surface area contributed by atoms with Gasteiger partial charge in [0, 0.05) is 6.08 Å². The van der Waals surface area contributed by atoms with Crippen LogP contribution in [0, 0.1) is 0 Å². The Balaban J connectivity index is 0. The number of carboxylic acids is 1. The fourth-order valence-corrected chi connectivity index (χ4v) is 0.101. The lowest BCUT2D eigenvalue weighted by atomic mass is 10.7. The fraction of sp³-hybridized carbons (Fsp3) is 0. The van der Waals surface area contributed by atoms with Crippen LogP contribution in [0.4, 0.5) is 4.79 Å². The van der Waals surface area contributed by atoms with E-state index in [0.717, 1.165) is 6.08 Å². The molecule has 0 fully saturated rings. The van der Waals surface area contributed by atoms with E-state index in [1.165, 1.54) is 6.20 Å². The summed E-state index contributed by atoms with van der Waals surface area (Å²) >= 11 is 0. The third-order valence-electron chi connectivity index (χ3n) is 0.419. The molecule has 0 unspecified atom stereocenters. The largest absolute Gasteiger partial charge is 0.478 e. The number of urea groups is 1. The fourth-order valence-electron chi connectivity index (χ4n) is 0.101. The lowest BCUT2D eigenvalue weighted by Gasteiger charge is -1.83. The van der Waals surface area contributed by atoms with Crippen molar-refractivity contribution in [2.24, 2.45) is 5.73 Å². The molecule has 5 nitrogen and oxygen atoms in total. The van der Waals surface area contributed by atoms with E-state index in [0.29, 0.717) is 0 Å². The molecule has 0 saturated heterocycles. The van der Waals surface area contributed by atoms with Gasteiger partial charge in [0.2, 0.25) is 0 Å². The highest BCUT2D eigenvalue weighted by Gasteiger charge is 1.76. The first-order chi connectivity index (χ1) is 5.04. The standard InChI is InChI=1S/C3H6N2O.C3H4O2/c1-2-5-3(4)6;1-2-3(4)5/h2H,1H2,(H3,4,5,6);2H,1H2,(H,4,5). The normalized spacial score (nSPS) is 6.55. The Hall–Kier alpha value is -1.78. The highest BCUT2D eigenvalue weighted by molar-refractivity contribution is 5.78. The van der Waals surface area contributed by atoms with Gasteiger partial charge in [0.25, 0.3) is 0 Å². The molecule has 0 aromatic rings. The maximum atomic E-state index is 9.64. The second-order valence-electron chi connectivity index (χ2n) is 1.26. The van der Waals surface area contributed by atoms with Crippen molar-refractivity contribution in [2.45, 2.75) is 0 Å². The zero-order valence-electron chi connectivity index (χ0n) is 5.91. The van der Waals surface area contributed by atoms with E-state index >= 15 is 0 Å². The van der Waals surface area contributed by atoms with Crippen LogP contribution in [0.5, 0.6) is 0 Å². The number of aliphatic carboxylic acids is 1. The quantitative estimate of drug-likeness (QED) is 0.496. The molecule has 11 heavy (non-hydrogen) atoms. The Labute approximate surface area is 64.2 Å². The molecule has 0 spiro atoms. The lowest BCUT2D eigenvalue weighted by Crippen LogP contribution is -2.23. The number of amides is 2. The Morgan fingerprint density at radius 1 is 1.45 bits per heavy atom. The number of rotatable bonds is 2. The molecule has 0 atom stereocenters. The van der Waals surface area contributed by atoms with Crippen molar-refractivity contribution in [1.29, 1.82) is 0 Å². The van der Waals surface area contributed by atoms with Gasteiger partial charge in [-0.2, -0.15) is 0 Å². The molecular formula is C6H10N2O3. The van der Waals surface area contributed by atoms with Gasteiger partial charge in [-0.1, -0.05) is 13.2 Å². The van der Waals surface area contributed by atoms with Gasteiger partial charge in [-0.25, -0.2) is 9.59 Å². The average Bonchev–Trinajstić information content (AvgIpc) is 1.89. The Morgan fingerprint density at radius 3 is 1.82 bits per heavy atom. The van der Waals surface area contributed by atoms with Crippen molar-refractivity contribution in [3.8, 4) is 0 Å². The number of carboxylic acid groups (broad SMARTS) is 1. The number of carbonyl (C=O) groups is 2. The molecule has 0 rings (SSSR count). The number of nitrogens with one attached hydrogen (secondary N) is 1. The number of carbonyl (C=O) groups excluding carboxylic acids is 1. The number of hydrogen-bond acceptors (Lipinski definition) is 2. The van der Waals surface area contributed by atoms with E-state index in [1.807, 2.05) is 0 Å². The molecule has 0 saturated carbocycles. The molecule has 0 aliphatic rings. The molecule has 0 aliphatic carbocycles. The van der Waals surface area contributed by atoms with Crippen LogP contribution in [0.2, 0.25) is 0 Å². The van der Waals surface area contributed by atoms with Gasteiger partial charge in [-0.3, -0.25) is 0 Å². The molecule has 0 radical (unpaired) electrons. The summed E-state index contributed by atoms with van der Waals surface area (Å²) in [4.78, 5) is 18.9. The van der Waals surface area contributed by atoms with Crippen LogP contribution in [0.25, 0.3) is 0 Å². The molecule has 0 aromatic carbocycles. The third kappa shape index (κ3) is 30.7. The Kier molecular flexibility index (Phi) is 8.93. The summed E-state index contributed by atoms with van der Waals surface area (Å²) in [6.45, 7) is 6.15. The van der Waals surface area contributed by atoms with Crippen LogP contribution in [0.1, 0.15) is 0 Å². The summed E-state index contributed by atoms with van der Waals surface area (Å²) in [6.07, 6.45) is 2.06. The van der Waals surface area contributed by atoms with Gasteiger partial charge in [-0.15, -0.1) is 0 Å². The Morgan fingerprint density at radius 2 is 1.82 bits per heavy atom. The summed E-state index contributed by atoms with van der Waals surface area (Å²) < 4.78 is 0. The third-order valence-corrected chi connectivity index (χ3v) is 0.419. The summed E-state index contributed by atoms with van der Waals surface area (Å²) in [5.74, 6) is -0.981. The highest BCUT2D eigenvalue weighted by Crippen LogP contribution is 1.54. The molecule has 0 aromatic heterocycles. The maximum absolute atomic E-state index is 9.64. The van der Waals surface area contributed by atoms with Gasteiger partial charge in [0.1, 0.15) is 0 Å². The molecule has 0 heterocycles. The van der Waals surface area contributed by atoms with Crippen molar-refractivity contribution in [3.05, 3.63) is 25.4 Å². The van der Waals surface area contributed by atoms with E-state index in [4.69, 9.17) is 5.11 Å². The van der Waals surface area contributed by atoms with Crippen LogP contribution in [0.15, 0.2) is 25.4 Å². The second-order valence-corrected chi connectivity index (χ2v) is 1.26. The summed E-state index contributed by atoms with van der Waals surface area (Å²) in [6, 6.07) is -0.579. The van der Waals surface area contributed by atoms with Gasteiger partial charge in [0.15, 0.2) is 0 Å². The zero-order valence-corrected chi connectivity index (χ0v) is 5.91. The first-order valence-electron chi connectivity index (χ1n) is 2.56. The lowest BCUT2D eigenvalue weighted by molar-refractivity contribution is -0.131. The van der Waals surface area contributed by atoms with E-state index in [1.54, 1.807) is 0 Å². The van der Waals surface area contributed by atoms with Gasteiger partial charge in [-0.05, 0) is 6.20 Å². The smallest absolute Gasteiger partial charge is 0.327 e. The van der Waals surface area contributed by atoms with E-state index < -0.39 is 12.0 Å². The van der Waals surface area contributed by atoms with Crippen molar-refractivity contribution < 1.29 is 14.7 Å². The predicted molar refractivity (Wildman–Crippen MR) is 40.7 cm³/mol. The van der Waals surface area contributed by atoms with Crippen LogP contribution < -0.4 is 11.1 Å². The van der Waals surface area contributed by atoms with Crippen LogP contribution in [0.3, 0.4) is 0 Å². The monoisotopic (exact) mass is 158 g/mol. The topological polar surface area (TPSA) is 92.4 Å². The predicted octanol–water partition coefficient (Wildman–Crippen LogP) is 0.0552. The van der Waals surface area contributed by atoms with Gasteiger partial charge < -0.3 is 16.2 Å². The highest BCUT2D eigenvalue weighted by atomic mass is 16.4. The van der Waals surface area contributed by atoms with Crippen molar-refractivity contribution in [2.75, 3.05) is 0 Å². The van der Waals surface area contributed by atoms with Crippen molar-refractivity contribution in [1.82, 2.24) is 5.32 Å². The van der Waals surface area contributed by atoms with Gasteiger partial charge in [0.05, 0.1) is 0 Å². The summed E-state index contributed by atoms with van der Waals surface area (Å²) in [5.41, 5.74) is 4.58. The minimum Gasteiger partial charge on any atom is -0.478 e. The minimum atomic E-state index is -0.981. The summed E-state index contributed by atoms with van der Waals surface area (Å²) in [7, 11) is 0. The Bertz CT molecular complexity index is 165. The maximum Gasteiger partial charge on any atom is 0.327 e. The van der Waals surface area contributed by atoms with Crippen LogP contribution >= 0.6 is 0 Å². The molecule has 0 aliphatic heterocycles. The first-order valence-corrected chi connectivity index (χ1v) is 2.56. The minimum absolute atomic E-state index is 0.579. The number of hydrogen-bond donors (Lipinski definition) is 3. The summed E-state index contributed by atoms with van der Waals surface area (Å²) in [5, 5.41) is 9.72.